The Labute approximate surface area is 186 Å². The molecule has 1 atom stereocenters. The van der Waals surface area contributed by atoms with E-state index in [1.165, 1.54) is 7.11 Å². The van der Waals surface area contributed by atoms with E-state index in [4.69, 9.17) is 9.72 Å². The number of carbonyl (C=O) groups excluding carboxylic acids is 2. The number of piperidine rings is 2. The summed E-state index contributed by atoms with van der Waals surface area (Å²) in [6.07, 6.45) is 4.85. The number of nitrogens with zero attached hydrogens (tertiary/aromatic N) is 4. The molecule has 32 heavy (non-hydrogen) atoms. The minimum absolute atomic E-state index is 0.0129. The van der Waals surface area contributed by atoms with Crippen molar-refractivity contribution >= 4 is 11.8 Å². The summed E-state index contributed by atoms with van der Waals surface area (Å²) in [6.45, 7) is 2.53. The maximum absolute atomic E-state index is 12.8. The highest BCUT2D eigenvalue weighted by atomic mass is 16.5. The van der Waals surface area contributed by atoms with Crippen LogP contribution in [-0.4, -0.2) is 76.5 Å². The Balaban J connectivity index is 1.45. The molecular formula is C23H29N5O4. The summed E-state index contributed by atoms with van der Waals surface area (Å²) < 4.78 is 4.94. The van der Waals surface area contributed by atoms with Crippen molar-refractivity contribution in [1.29, 1.82) is 0 Å². The molecule has 1 N–H and O–H groups in total. The van der Waals surface area contributed by atoms with E-state index in [0.29, 0.717) is 37.7 Å². The summed E-state index contributed by atoms with van der Waals surface area (Å²) in [4.78, 5) is 52.8. The zero-order chi connectivity index (χ0) is 22.5. The second-order valence-electron chi connectivity index (χ2n) is 8.45. The molecule has 170 valence electrons. The molecule has 0 radical (unpaired) electrons. The second-order valence-corrected chi connectivity index (χ2v) is 8.45. The van der Waals surface area contributed by atoms with Gasteiger partial charge in [0.05, 0.1) is 5.69 Å². The molecule has 2 aliphatic heterocycles. The van der Waals surface area contributed by atoms with Gasteiger partial charge in [0.2, 0.25) is 5.91 Å². The van der Waals surface area contributed by atoms with Crippen LogP contribution in [0.25, 0.3) is 0 Å². The number of hydrogen-bond donors (Lipinski definition) is 1. The van der Waals surface area contributed by atoms with Crippen LogP contribution >= 0.6 is 0 Å². The Morgan fingerprint density at radius 1 is 1.12 bits per heavy atom. The predicted octanol–water partition coefficient (Wildman–Crippen LogP) is 1.54. The Morgan fingerprint density at radius 2 is 1.94 bits per heavy atom. The van der Waals surface area contributed by atoms with Gasteiger partial charge in [-0.25, -0.2) is 4.98 Å². The molecule has 2 amide bonds. The van der Waals surface area contributed by atoms with Gasteiger partial charge in [0.1, 0.15) is 18.1 Å². The molecule has 0 unspecified atom stereocenters. The van der Waals surface area contributed by atoms with Gasteiger partial charge in [0.25, 0.3) is 11.5 Å². The third kappa shape index (κ3) is 5.04. The normalized spacial score (nSPS) is 19.7. The molecule has 2 aromatic heterocycles. The summed E-state index contributed by atoms with van der Waals surface area (Å²) in [5, 5.41) is 0. The molecule has 0 bridgehead atoms. The van der Waals surface area contributed by atoms with E-state index in [-0.39, 0.29) is 35.8 Å². The average Bonchev–Trinajstić information content (AvgIpc) is 2.84. The summed E-state index contributed by atoms with van der Waals surface area (Å²) >= 11 is 0. The molecule has 2 fully saturated rings. The van der Waals surface area contributed by atoms with Gasteiger partial charge in [-0.3, -0.25) is 19.4 Å². The number of amides is 2. The maximum Gasteiger partial charge on any atom is 0.272 e. The van der Waals surface area contributed by atoms with Gasteiger partial charge in [-0.15, -0.1) is 0 Å². The molecule has 0 aliphatic carbocycles. The highest BCUT2D eigenvalue weighted by molar-refractivity contribution is 5.92. The number of pyridine rings is 1. The van der Waals surface area contributed by atoms with Crippen molar-refractivity contribution in [2.24, 2.45) is 0 Å². The van der Waals surface area contributed by atoms with E-state index in [9.17, 15) is 14.4 Å². The molecule has 0 aromatic carbocycles. The average molecular weight is 440 g/mol. The first-order valence-electron chi connectivity index (χ1n) is 11.1. The minimum Gasteiger partial charge on any atom is -0.375 e. The van der Waals surface area contributed by atoms with Crippen LogP contribution in [0.3, 0.4) is 0 Å². The lowest BCUT2D eigenvalue weighted by atomic mass is 9.92. The van der Waals surface area contributed by atoms with Gasteiger partial charge in [-0.1, -0.05) is 6.07 Å². The monoisotopic (exact) mass is 439 g/mol. The molecule has 0 saturated carbocycles. The Bertz CT molecular complexity index is 1000. The largest absolute Gasteiger partial charge is 0.375 e. The SMILES string of the molecule is COCC(=O)N1CCC(c2nc([C@H]3CCCN(C(=O)c4ccccn4)C3)cc(=O)[nH]2)CC1. The van der Waals surface area contributed by atoms with Crippen molar-refractivity contribution in [2.75, 3.05) is 39.9 Å². The van der Waals surface area contributed by atoms with Crippen LogP contribution in [0.2, 0.25) is 0 Å². The minimum atomic E-state index is -0.170. The third-order valence-electron chi connectivity index (χ3n) is 6.29. The van der Waals surface area contributed by atoms with E-state index in [0.717, 1.165) is 31.4 Å². The number of nitrogens with one attached hydrogen (secondary N) is 1. The molecular weight excluding hydrogens is 410 g/mol. The zero-order valence-corrected chi connectivity index (χ0v) is 18.3. The molecule has 2 aliphatic rings. The molecule has 9 nitrogen and oxygen atoms in total. The van der Waals surface area contributed by atoms with Crippen LogP contribution in [0, 0.1) is 0 Å². The summed E-state index contributed by atoms with van der Waals surface area (Å²) in [5.74, 6) is 0.693. The molecule has 0 spiro atoms. The molecule has 2 saturated heterocycles. The molecule has 4 rings (SSSR count). The zero-order valence-electron chi connectivity index (χ0n) is 18.3. The number of ether oxygens (including phenoxy) is 1. The van der Waals surface area contributed by atoms with E-state index < -0.39 is 0 Å². The number of methoxy groups -OCH3 is 1. The van der Waals surface area contributed by atoms with Gasteiger partial charge in [0.15, 0.2) is 0 Å². The summed E-state index contributed by atoms with van der Waals surface area (Å²) in [5.41, 5.74) is 0.999. The first-order chi connectivity index (χ1) is 15.5. The lowest BCUT2D eigenvalue weighted by Gasteiger charge is -2.33. The van der Waals surface area contributed by atoms with E-state index >= 15 is 0 Å². The predicted molar refractivity (Wildman–Crippen MR) is 117 cm³/mol. The first-order valence-corrected chi connectivity index (χ1v) is 11.1. The van der Waals surface area contributed by atoms with E-state index in [1.807, 2.05) is 0 Å². The number of likely N-dealkylation sites (tertiary alicyclic amines) is 2. The number of hydrogen-bond acceptors (Lipinski definition) is 6. The first kappa shape index (κ1) is 22.1. The van der Waals surface area contributed by atoms with Crippen LogP contribution < -0.4 is 5.56 Å². The van der Waals surface area contributed by atoms with Crippen molar-refractivity contribution in [3.8, 4) is 0 Å². The molecule has 9 heteroatoms. The van der Waals surface area contributed by atoms with Crippen LogP contribution in [0.4, 0.5) is 0 Å². The summed E-state index contributed by atoms with van der Waals surface area (Å²) in [6, 6.07) is 6.87. The van der Waals surface area contributed by atoms with Crippen molar-refractivity contribution in [2.45, 2.75) is 37.5 Å². The fourth-order valence-electron chi connectivity index (χ4n) is 4.57. The molecule has 4 heterocycles. The highest BCUT2D eigenvalue weighted by Gasteiger charge is 2.29. The van der Waals surface area contributed by atoms with Gasteiger partial charge in [-0.2, -0.15) is 0 Å². The van der Waals surface area contributed by atoms with Gasteiger partial charge >= 0.3 is 0 Å². The lowest BCUT2D eigenvalue weighted by molar-refractivity contribution is -0.136. The topological polar surface area (TPSA) is 108 Å². The van der Waals surface area contributed by atoms with Gasteiger partial charge in [0, 0.05) is 57.4 Å². The smallest absolute Gasteiger partial charge is 0.272 e. The third-order valence-corrected chi connectivity index (χ3v) is 6.29. The number of carbonyl (C=O) groups is 2. The van der Waals surface area contributed by atoms with E-state index in [2.05, 4.69) is 9.97 Å². The van der Waals surface area contributed by atoms with Gasteiger partial charge in [-0.05, 0) is 37.8 Å². The number of H-pyrrole nitrogens is 1. The number of aromatic amines is 1. The standard InChI is InChI=1S/C23H29N5O4/c1-32-15-21(30)27-11-7-16(8-12-27)22-25-19(13-20(29)26-22)17-5-4-10-28(14-17)23(31)18-6-2-3-9-24-18/h2-3,6,9,13,16-17H,4-5,7-8,10-12,14-15H2,1H3,(H,25,26,29)/t17-/m0/s1. The van der Waals surface area contributed by atoms with Crippen molar-refractivity contribution in [1.82, 2.24) is 24.8 Å². The summed E-state index contributed by atoms with van der Waals surface area (Å²) in [7, 11) is 1.52. The fourth-order valence-corrected chi connectivity index (χ4v) is 4.57. The van der Waals surface area contributed by atoms with Crippen molar-refractivity contribution in [3.05, 3.63) is 58.0 Å². The Hall–Kier alpha value is -3.07. The quantitative estimate of drug-likeness (QED) is 0.757. The van der Waals surface area contributed by atoms with Crippen LogP contribution in [-0.2, 0) is 9.53 Å². The Kier molecular flexibility index (Phi) is 6.94. The number of rotatable bonds is 5. The molecule has 2 aromatic rings. The lowest BCUT2D eigenvalue weighted by Crippen LogP contribution is -2.41. The van der Waals surface area contributed by atoms with Crippen molar-refractivity contribution < 1.29 is 14.3 Å². The number of aromatic nitrogens is 3. The van der Waals surface area contributed by atoms with Gasteiger partial charge < -0.3 is 19.5 Å². The fraction of sp³-hybridized carbons (Fsp3) is 0.522. The second kappa shape index (κ2) is 10.0. The highest BCUT2D eigenvalue weighted by Crippen LogP contribution is 2.29. The van der Waals surface area contributed by atoms with Crippen LogP contribution in [0.5, 0.6) is 0 Å². The Morgan fingerprint density at radius 3 is 2.66 bits per heavy atom. The van der Waals surface area contributed by atoms with Crippen molar-refractivity contribution in [3.63, 3.8) is 0 Å². The van der Waals surface area contributed by atoms with Crippen LogP contribution in [0.1, 0.15) is 59.5 Å². The maximum atomic E-state index is 12.8. The van der Waals surface area contributed by atoms with E-state index in [1.54, 1.807) is 40.3 Å². The van der Waals surface area contributed by atoms with Crippen LogP contribution in [0.15, 0.2) is 35.3 Å².